The zero-order valence-electron chi connectivity index (χ0n) is 11.2. The van der Waals surface area contributed by atoms with Crippen LogP contribution < -0.4 is 5.73 Å². The van der Waals surface area contributed by atoms with Gasteiger partial charge in [0.25, 0.3) is 0 Å². The lowest BCUT2D eigenvalue weighted by Gasteiger charge is -2.34. The van der Waals surface area contributed by atoms with Crippen molar-refractivity contribution < 1.29 is 5.11 Å². The fraction of sp³-hybridized carbons (Fsp3) is 0.294. The zero-order valence-corrected chi connectivity index (χ0v) is 12.0. The smallest absolute Gasteiger partial charge is 0.0898 e. The molecule has 1 aliphatic carbocycles. The van der Waals surface area contributed by atoms with Gasteiger partial charge in [-0.2, -0.15) is 0 Å². The SMILES string of the molecule is NCC1(C(O)c2ccc(Cl)cc2)CCc2ccccc21. The molecule has 1 aliphatic rings. The Balaban J connectivity index is 2.04. The summed E-state index contributed by atoms with van der Waals surface area (Å²) >= 11 is 5.92. The Morgan fingerprint density at radius 3 is 2.55 bits per heavy atom. The highest BCUT2D eigenvalue weighted by Gasteiger charge is 2.43. The lowest BCUT2D eigenvalue weighted by atomic mass is 9.74. The van der Waals surface area contributed by atoms with Crippen molar-refractivity contribution in [2.45, 2.75) is 24.4 Å². The van der Waals surface area contributed by atoms with E-state index < -0.39 is 6.10 Å². The number of hydrogen-bond donors (Lipinski definition) is 2. The molecule has 2 aromatic carbocycles. The average molecular weight is 288 g/mol. The molecule has 0 saturated heterocycles. The van der Waals surface area contributed by atoms with Gasteiger partial charge >= 0.3 is 0 Å². The predicted octanol–water partition coefficient (Wildman–Crippen LogP) is 3.22. The van der Waals surface area contributed by atoms with Gasteiger partial charge in [-0.05, 0) is 41.7 Å². The summed E-state index contributed by atoms with van der Waals surface area (Å²) in [7, 11) is 0. The fourth-order valence-electron chi connectivity index (χ4n) is 3.29. The van der Waals surface area contributed by atoms with E-state index in [1.807, 2.05) is 36.4 Å². The maximum Gasteiger partial charge on any atom is 0.0898 e. The van der Waals surface area contributed by atoms with Crippen molar-refractivity contribution in [1.29, 1.82) is 0 Å². The second-order valence-corrected chi connectivity index (χ2v) is 5.91. The number of benzene rings is 2. The first-order valence-corrected chi connectivity index (χ1v) is 7.27. The Labute approximate surface area is 124 Å². The standard InChI is InChI=1S/C17H18ClNO/c18-14-7-5-13(6-8-14)16(20)17(11-19)10-9-12-3-1-2-4-15(12)17/h1-8,16,20H,9-11,19H2. The molecule has 3 N–H and O–H groups in total. The van der Waals surface area contributed by atoms with E-state index >= 15 is 0 Å². The number of fused-ring (bicyclic) bond motifs is 1. The van der Waals surface area contributed by atoms with E-state index in [0.717, 1.165) is 18.4 Å². The van der Waals surface area contributed by atoms with Crippen molar-refractivity contribution in [3.63, 3.8) is 0 Å². The molecule has 0 aliphatic heterocycles. The van der Waals surface area contributed by atoms with Gasteiger partial charge < -0.3 is 10.8 Å². The van der Waals surface area contributed by atoms with E-state index in [9.17, 15) is 5.11 Å². The molecule has 104 valence electrons. The first kappa shape index (κ1) is 13.6. The summed E-state index contributed by atoms with van der Waals surface area (Å²) < 4.78 is 0. The van der Waals surface area contributed by atoms with Crippen molar-refractivity contribution in [1.82, 2.24) is 0 Å². The normalized spacial score (nSPS) is 22.6. The average Bonchev–Trinajstić information content (AvgIpc) is 2.87. The highest BCUT2D eigenvalue weighted by Crippen LogP contribution is 2.46. The van der Waals surface area contributed by atoms with Crippen LogP contribution in [0.3, 0.4) is 0 Å². The third kappa shape index (κ3) is 2.05. The molecule has 0 fully saturated rings. The van der Waals surface area contributed by atoms with Crippen LogP contribution in [0.25, 0.3) is 0 Å². The first-order valence-electron chi connectivity index (χ1n) is 6.89. The second kappa shape index (κ2) is 5.21. The molecule has 0 spiro atoms. The molecule has 0 aromatic heterocycles. The molecule has 0 bridgehead atoms. The zero-order chi connectivity index (χ0) is 14.2. The Morgan fingerprint density at radius 2 is 1.85 bits per heavy atom. The summed E-state index contributed by atoms with van der Waals surface area (Å²) in [6.07, 6.45) is 1.25. The molecular formula is C17H18ClNO. The lowest BCUT2D eigenvalue weighted by molar-refractivity contribution is 0.0840. The molecular weight excluding hydrogens is 270 g/mol. The second-order valence-electron chi connectivity index (χ2n) is 5.47. The van der Waals surface area contributed by atoms with Gasteiger partial charge in [0.05, 0.1) is 6.10 Å². The fourth-order valence-corrected chi connectivity index (χ4v) is 3.41. The molecule has 2 unspecified atom stereocenters. The van der Waals surface area contributed by atoms with Gasteiger partial charge in [0.2, 0.25) is 0 Å². The minimum atomic E-state index is -0.603. The number of halogens is 1. The largest absolute Gasteiger partial charge is 0.387 e. The van der Waals surface area contributed by atoms with E-state index in [2.05, 4.69) is 12.1 Å². The van der Waals surface area contributed by atoms with Crippen LogP contribution in [-0.4, -0.2) is 11.7 Å². The van der Waals surface area contributed by atoms with Crippen LogP contribution in [0, 0.1) is 0 Å². The molecule has 3 heteroatoms. The molecule has 0 saturated carbocycles. The van der Waals surface area contributed by atoms with Gasteiger partial charge in [-0.25, -0.2) is 0 Å². The van der Waals surface area contributed by atoms with Crippen molar-refractivity contribution in [3.8, 4) is 0 Å². The van der Waals surface area contributed by atoms with Gasteiger partial charge in [0.1, 0.15) is 0 Å². The summed E-state index contributed by atoms with van der Waals surface area (Å²) in [5.41, 5.74) is 9.04. The molecule has 3 rings (SSSR count). The van der Waals surface area contributed by atoms with E-state index in [0.29, 0.717) is 11.6 Å². The van der Waals surface area contributed by atoms with Gasteiger partial charge in [-0.15, -0.1) is 0 Å². The number of rotatable bonds is 3. The molecule has 2 nitrogen and oxygen atoms in total. The van der Waals surface area contributed by atoms with E-state index in [1.165, 1.54) is 11.1 Å². The van der Waals surface area contributed by atoms with Crippen LogP contribution in [0.4, 0.5) is 0 Å². The maximum absolute atomic E-state index is 10.9. The van der Waals surface area contributed by atoms with Gasteiger partial charge in [0.15, 0.2) is 0 Å². The third-order valence-corrected chi connectivity index (χ3v) is 4.72. The monoisotopic (exact) mass is 287 g/mol. The minimum absolute atomic E-state index is 0.385. The van der Waals surface area contributed by atoms with Gasteiger partial charge in [0, 0.05) is 17.0 Å². The van der Waals surface area contributed by atoms with Crippen LogP contribution >= 0.6 is 11.6 Å². The molecule has 0 amide bonds. The number of aryl methyl sites for hydroxylation is 1. The molecule has 0 heterocycles. The van der Waals surface area contributed by atoms with E-state index in [1.54, 1.807) is 0 Å². The molecule has 2 atom stereocenters. The topological polar surface area (TPSA) is 46.2 Å². The van der Waals surface area contributed by atoms with E-state index in [4.69, 9.17) is 17.3 Å². The lowest BCUT2D eigenvalue weighted by Crippen LogP contribution is -2.39. The number of aliphatic hydroxyl groups excluding tert-OH is 1. The first-order chi connectivity index (χ1) is 9.67. The number of nitrogens with two attached hydrogens (primary N) is 1. The Kier molecular flexibility index (Phi) is 3.55. The third-order valence-electron chi connectivity index (χ3n) is 4.47. The summed E-state index contributed by atoms with van der Waals surface area (Å²) in [5.74, 6) is 0. The summed E-state index contributed by atoms with van der Waals surface area (Å²) in [5, 5.41) is 11.6. The van der Waals surface area contributed by atoms with Crippen LogP contribution in [0.5, 0.6) is 0 Å². The highest BCUT2D eigenvalue weighted by atomic mass is 35.5. The van der Waals surface area contributed by atoms with Crippen LogP contribution in [0.2, 0.25) is 5.02 Å². The highest BCUT2D eigenvalue weighted by molar-refractivity contribution is 6.30. The summed E-state index contributed by atoms with van der Waals surface area (Å²) in [4.78, 5) is 0. The summed E-state index contributed by atoms with van der Waals surface area (Å²) in [6, 6.07) is 15.7. The predicted molar refractivity (Wildman–Crippen MR) is 81.9 cm³/mol. The van der Waals surface area contributed by atoms with Crippen molar-refractivity contribution in [2.24, 2.45) is 5.73 Å². The minimum Gasteiger partial charge on any atom is -0.387 e. The van der Waals surface area contributed by atoms with Crippen LogP contribution in [0.15, 0.2) is 48.5 Å². The molecule has 0 radical (unpaired) electrons. The Hall–Kier alpha value is -1.35. The van der Waals surface area contributed by atoms with Crippen LogP contribution in [-0.2, 0) is 11.8 Å². The van der Waals surface area contributed by atoms with Crippen molar-refractivity contribution in [2.75, 3.05) is 6.54 Å². The summed E-state index contributed by atoms with van der Waals surface area (Å²) in [6.45, 7) is 0.438. The molecule has 20 heavy (non-hydrogen) atoms. The number of aliphatic hydroxyl groups is 1. The maximum atomic E-state index is 10.9. The Morgan fingerprint density at radius 1 is 1.15 bits per heavy atom. The Bertz CT molecular complexity index is 611. The number of hydrogen-bond acceptors (Lipinski definition) is 2. The van der Waals surface area contributed by atoms with Gasteiger partial charge in [-0.1, -0.05) is 48.0 Å². The molecule has 2 aromatic rings. The van der Waals surface area contributed by atoms with Crippen molar-refractivity contribution in [3.05, 3.63) is 70.2 Å². The van der Waals surface area contributed by atoms with Gasteiger partial charge in [-0.3, -0.25) is 0 Å². The van der Waals surface area contributed by atoms with Crippen LogP contribution in [0.1, 0.15) is 29.2 Å². The van der Waals surface area contributed by atoms with E-state index in [-0.39, 0.29) is 5.41 Å². The quantitative estimate of drug-likeness (QED) is 0.910. The van der Waals surface area contributed by atoms with Crippen molar-refractivity contribution >= 4 is 11.6 Å².